The molecular weight excluding hydrogens is 252 g/mol. The molecule has 0 heterocycles. The Labute approximate surface area is 132 Å². The predicted molar refractivity (Wildman–Crippen MR) is 90.1 cm³/mol. The third-order valence-corrected chi connectivity index (χ3v) is 8.28. The molecule has 0 nitrogen and oxygen atoms in total. The van der Waals surface area contributed by atoms with Crippen molar-refractivity contribution in [3.63, 3.8) is 0 Å². The topological polar surface area (TPSA) is 0 Å². The number of rotatable bonds is 3. The summed E-state index contributed by atoms with van der Waals surface area (Å²) in [5, 5.41) is 0. The summed E-state index contributed by atoms with van der Waals surface area (Å²) >= 11 is 0. The molecule has 0 bridgehead atoms. The van der Waals surface area contributed by atoms with Crippen LogP contribution in [0.15, 0.2) is 0 Å². The van der Waals surface area contributed by atoms with Crippen molar-refractivity contribution < 1.29 is 0 Å². The van der Waals surface area contributed by atoms with Gasteiger partial charge in [0.25, 0.3) is 0 Å². The highest BCUT2D eigenvalue weighted by atomic mass is 14.5. The van der Waals surface area contributed by atoms with E-state index in [9.17, 15) is 0 Å². The third kappa shape index (κ3) is 2.81. The summed E-state index contributed by atoms with van der Waals surface area (Å²) in [6, 6.07) is 0. The molecule has 0 saturated heterocycles. The van der Waals surface area contributed by atoms with Crippen molar-refractivity contribution >= 4 is 0 Å². The van der Waals surface area contributed by atoms with Crippen LogP contribution < -0.4 is 0 Å². The average molecular weight is 289 g/mol. The van der Waals surface area contributed by atoms with E-state index in [1.807, 2.05) is 0 Å². The summed E-state index contributed by atoms with van der Waals surface area (Å²) in [5.74, 6) is 7.82. The normalized spacial score (nSPS) is 47.9. The summed E-state index contributed by atoms with van der Waals surface area (Å²) in [6.45, 7) is 2.64. The molecule has 4 fully saturated rings. The van der Waals surface area contributed by atoms with Crippen LogP contribution in [0.1, 0.15) is 90.4 Å². The van der Waals surface area contributed by atoms with Crippen LogP contribution in [0.25, 0.3) is 0 Å². The van der Waals surface area contributed by atoms with Gasteiger partial charge in [-0.25, -0.2) is 0 Å². The van der Waals surface area contributed by atoms with Gasteiger partial charge in [0.1, 0.15) is 0 Å². The second-order valence-corrected chi connectivity index (χ2v) is 9.21. The van der Waals surface area contributed by atoms with Gasteiger partial charge in [0.05, 0.1) is 0 Å². The maximum absolute atomic E-state index is 2.64. The van der Waals surface area contributed by atoms with Gasteiger partial charge in [-0.3, -0.25) is 0 Å². The van der Waals surface area contributed by atoms with E-state index in [1.165, 1.54) is 12.8 Å². The Bertz CT molecular complexity index is 346. The standard InChI is InChI=1S/C21H36/c1-15(19-13-12-17-7-3-5-9-21(17)19)14-18-11-10-16-6-2-4-8-20(16)18/h15-21H,2-14H2,1H3. The van der Waals surface area contributed by atoms with Crippen LogP contribution in [-0.2, 0) is 0 Å². The van der Waals surface area contributed by atoms with Crippen molar-refractivity contribution in [3.05, 3.63) is 0 Å². The van der Waals surface area contributed by atoms with E-state index in [4.69, 9.17) is 0 Å². The Morgan fingerprint density at radius 2 is 1.29 bits per heavy atom. The Balaban J connectivity index is 1.36. The van der Waals surface area contributed by atoms with Gasteiger partial charge >= 0.3 is 0 Å². The van der Waals surface area contributed by atoms with Crippen LogP contribution >= 0.6 is 0 Å². The fourth-order valence-corrected chi connectivity index (χ4v) is 7.29. The first-order valence-corrected chi connectivity index (χ1v) is 10.3. The minimum atomic E-state index is 1.03. The second kappa shape index (κ2) is 6.25. The number of hydrogen-bond donors (Lipinski definition) is 0. The van der Waals surface area contributed by atoms with Crippen molar-refractivity contribution in [3.8, 4) is 0 Å². The van der Waals surface area contributed by atoms with Gasteiger partial charge in [0, 0.05) is 0 Å². The lowest BCUT2D eigenvalue weighted by Crippen LogP contribution is -2.26. The van der Waals surface area contributed by atoms with Crippen LogP contribution in [-0.4, -0.2) is 0 Å². The van der Waals surface area contributed by atoms with Crippen LogP contribution in [0.5, 0.6) is 0 Å². The molecule has 4 rings (SSSR count). The van der Waals surface area contributed by atoms with Crippen molar-refractivity contribution in [1.29, 1.82) is 0 Å². The van der Waals surface area contributed by atoms with E-state index >= 15 is 0 Å². The lowest BCUT2D eigenvalue weighted by atomic mass is 9.70. The maximum atomic E-state index is 2.64. The summed E-state index contributed by atoms with van der Waals surface area (Å²) in [4.78, 5) is 0. The molecule has 0 N–H and O–H groups in total. The molecule has 0 aromatic heterocycles. The van der Waals surface area contributed by atoms with E-state index in [2.05, 4.69) is 6.92 Å². The van der Waals surface area contributed by atoms with E-state index in [0.29, 0.717) is 0 Å². The van der Waals surface area contributed by atoms with E-state index < -0.39 is 0 Å². The third-order valence-electron chi connectivity index (χ3n) is 8.28. The maximum Gasteiger partial charge on any atom is -0.0355 e. The Hall–Kier alpha value is 0. The quantitative estimate of drug-likeness (QED) is 0.560. The molecule has 0 aliphatic heterocycles. The molecule has 4 saturated carbocycles. The van der Waals surface area contributed by atoms with Crippen LogP contribution in [0, 0.1) is 41.4 Å². The zero-order valence-electron chi connectivity index (χ0n) is 14.2. The van der Waals surface area contributed by atoms with Gasteiger partial charge in [-0.2, -0.15) is 0 Å². The fraction of sp³-hybridized carbons (Fsp3) is 1.00. The van der Waals surface area contributed by atoms with E-state index in [1.54, 1.807) is 70.6 Å². The second-order valence-electron chi connectivity index (χ2n) is 9.21. The van der Waals surface area contributed by atoms with Crippen molar-refractivity contribution in [2.24, 2.45) is 41.4 Å². The molecule has 4 aliphatic rings. The zero-order chi connectivity index (χ0) is 14.2. The minimum Gasteiger partial charge on any atom is -0.0622 e. The molecule has 120 valence electrons. The van der Waals surface area contributed by atoms with Gasteiger partial charge in [-0.05, 0) is 86.4 Å². The monoisotopic (exact) mass is 288 g/mol. The summed E-state index contributed by atoms with van der Waals surface area (Å²) in [6.07, 6.45) is 20.4. The summed E-state index contributed by atoms with van der Waals surface area (Å²) in [5.41, 5.74) is 0. The first-order chi connectivity index (χ1) is 10.3. The molecule has 21 heavy (non-hydrogen) atoms. The fourth-order valence-electron chi connectivity index (χ4n) is 7.29. The highest BCUT2D eigenvalue weighted by Crippen LogP contribution is 2.53. The molecule has 0 spiro atoms. The molecule has 4 aliphatic carbocycles. The number of hydrogen-bond acceptors (Lipinski definition) is 0. The summed E-state index contributed by atoms with van der Waals surface area (Å²) in [7, 11) is 0. The molecular formula is C21H36. The Morgan fingerprint density at radius 1 is 0.667 bits per heavy atom. The van der Waals surface area contributed by atoms with Crippen molar-refractivity contribution in [2.75, 3.05) is 0 Å². The van der Waals surface area contributed by atoms with Crippen molar-refractivity contribution in [1.82, 2.24) is 0 Å². The largest absolute Gasteiger partial charge is 0.0622 e. The Kier molecular flexibility index (Phi) is 4.34. The van der Waals surface area contributed by atoms with E-state index in [0.717, 1.165) is 41.4 Å². The van der Waals surface area contributed by atoms with Gasteiger partial charge in [-0.1, -0.05) is 45.4 Å². The van der Waals surface area contributed by atoms with Crippen LogP contribution in [0.3, 0.4) is 0 Å². The molecule has 0 amide bonds. The first kappa shape index (κ1) is 14.6. The minimum absolute atomic E-state index is 1.03. The molecule has 0 heteroatoms. The SMILES string of the molecule is CC(CC1CCC2CCCCC21)C1CCC2CCCCC21. The lowest BCUT2D eigenvalue weighted by Gasteiger charge is -2.35. The Morgan fingerprint density at radius 3 is 2.10 bits per heavy atom. The van der Waals surface area contributed by atoms with E-state index in [-0.39, 0.29) is 0 Å². The zero-order valence-corrected chi connectivity index (χ0v) is 14.2. The number of fused-ring (bicyclic) bond motifs is 2. The molecule has 7 unspecified atom stereocenters. The van der Waals surface area contributed by atoms with Crippen LogP contribution in [0.4, 0.5) is 0 Å². The highest BCUT2D eigenvalue weighted by molar-refractivity contribution is 4.93. The summed E-state index contributed by atoms with van der Waals surface area (Å²) < 4.78 is 0. The molecule has 0 aromatic rings. The van der Waals surface area contributed by atoms with Gasteiger partial charge in [-0.15, -0.1) is 0 Å². The smallest absolute Gasteiger partial charge is 0.0355 e. The average Bonchev–Trinajstić information content (AvgIpc) is 3.12. The van der Waals surface area contributed by atoms with Gasteiger partial charge < -0.3 is 0 Å². The lowest BCUT2D eigenvalue weighted by molar-refractivity contribution is 0.145. The first-order valence-electron chi connectivity index (χ1n) is 10.3. The van der Waals surface area contributed by atoms with Gasteiger partial charge in [0.15, 0.2) is 0 Å². The predicted octanol–water partition coefficient (Wildman–Crippen LogP) is 6.45. The molecule has 0 radical (unpaired) electrons. The van der Waals surface area contributed by atoms with Crippen molar-refractivity contribution in [2.45, 2.75) is 90.4 Å². The molecule has 7 atom stereocenters. The highest BCUT2D eigenvalue weighted by Gasteiger charge is 2.42. The molecule has 0 aromatic carbocycles. The van der Waals surface area contributed by atoms with Crippen LogP contribution in [0.2, 0.25) is 0 Å². The van der Waals surface area contributed by atoms with Gasteiger partial charge in [0.2, 0.25) is 0 Å².